The summed E-state index contributed by atoms with van der Waals surface area (Å²) in [6.45, 7) is 1.27. The maximum Gasteiger partial charge on any atom is 0.268 e. The second-order valence-electron chi connectivity index (χ2n) is 5.09. The molecule has 4 nitrogen and oxygen atoms in total. The molecule has 5 heteroatoms. The lowest BCUT2D eigenvalue weighted by Gasteiger charge is -2.19. The van der Waals surface area contributed by atoms with Crippen LogP contribution in [0.2, 0.25) is 5.02 Å². The van der Waals surface area contributed by atoms with Gasteiger partial charge >= 0.3 is 0 Å². The molecule has 19 heavy (non-hydrogen) atoms. The van der Waals surface area contributed by atoms with Gasteiger partial charge in [-0.25, -0.2) is 0 Å². The van der Waals surface area contributed by atoms with Crippen LogP contribution in [0.15, 0.2) is 18.2 Å². The van der Waals surface area contributed by atoms with Gasteiger partial charge in [-0.2, -0.15) is 0 Å². The molecule has 98 valence electrons. The van der Waals surface area contributed by atoms with Crippen molar-refractivity contribution in [2.75, 3.05) is 6.61 Å². The molecule has 0 atom stereocenters. The van der Waals surface area contributed by atoms with Gasteiger partial charge in [0.15, 0.2) is 0 Å². The highest BCUT2D eigenvalue weighted by Crippen LogP contribution is 2.36. The molecule has 0 spiro atoms. The third-order valence-corrected chi connectivity index (χ3v) is 4.02. The third-order valence-electron chi connectivity index (χ3n) is 3.69. The molecule has 2 aliphatic rings. The van der Waals surface area contributed by atoms with Gasteiger partial charge in [-0.15, -0.1) is 0 Å². The molecule has 0 unspecified atom stereocenters. The number of aromatic nitrogens is 1. The number of benzene rings is 1. The zero-order valence-electron chi connectivity index (χ0n) is 10.3. The van der Waals surface area contributed by atoms with Crippen molar-refractivity contribution in [3.05, 3.63) is 28.9 Å². The highest BCUT2D eigenvalue weighted by Gasteiger charge is 2.27. The maximum absolute atomic E-state index is 12.3. The van der Waals surface area contributed by atoms with Crippen LogP contribution in [0.1, 0.15) is 23.3 Å². The highest BCUT2D eigenvalue weighted by molar-refractivity contribution is 6.36. The highest BCUT2D eigenvalue weighted by atomic mass is 35.5. The molecule has 1 saturated carbocycles. The van der Waals surface area contributed by atoms with E-state index in [0.29, 0.717) is 29.9 Å². The lowest BCUT2D eigenvalue weighted by atomic mass is 10.2. The van der Waals surface area contributed by atoms with Gasteiger partial charge in [-0.3, -0.25) is 4.79 Å². The number of carbonyl (C=O) groups is 1. The van der Waals surface area contributed by atoms with E-state index in [1.54, 1.807) is 0 Å². The van der Waals surface area contributed by atoms with E-state index in [4.69, 9.17) is 16.3 Å². The Kier molecular flexibility index (Phi) is 2.30. The molecule has 0 bridgehead atoms. The van der Waals surface area contributed by atoms with Gasteiger partial charge in [0.05, 0.1) is 17.1 Å². The molecule has 1 aromatic carbocycles. The second kappa shape index (κ2) is 3.90. The summed E-state index contributed by atoms with van der Waals surface area (Å²) in [5, 5.41) is 4.57. The normalized spacial score (nSPS) is 17.3. The lowest BCUT2D eigenvalue weighted by Crippen LogP contribution is -2.29. The number of hydrogen-bond acceptors (Lipinski definition) is 2. The summed E-state index contributed by atoms with van der Waals surface area (Å²) in [6.07, 6.45) is 2.17. The summed E-state index contributed by atoms with van der Waals surface area (Å²) in [4.78, 5) is 12.3. The summed E-state index contributed by atoms with van der Waals surface area (Å²) in [5.41, 5.74) is 1.61. The third kappa shape index (κ3) is 1.70. The summed E-state index contributed by atoms with van der Waals surface area (Å²) in [6, 6.07) is 5.90. The molecular weight excluding hydrogens is 264 g/mol. The van der Waals surface area contributed by atoms with Crippen molar-refractivity contribution < 1.29 is 9.53 Å². The van der Waals surface area contributed by atoms with E-state index in [1.165, 1.54) is 0 Å². The molecule has 2 heterocycles. The van der Waals surface area contributed by atoms with Crippen molar-refractivity contribution in [1.82, 2.24) is 9.88 Å². The molecule has 1 amide bonds. The first-order chi connectivity index (χ1) is 9.24. The van der Waals surface area contributed by atoms with E-state index in [0.717, 1.165) is 29.5 Å². The van der Waals surface area contributed by atoms with Crippen LogP contribution in [0.3, 0.4) is 0 Å². The fourth-order valence-corrected chi connectivity index (χ4v) is 2.79. The van der Waals surface area contributed by atoms with Crippen LogP contribution in [0, 0.1) is 0 Å². The Balaban J connectivity index is 1.89. The molecule has 4 rings (SSSR count). The number of ether oxygens (including phenoxy) is 1. The number of nitrogens with one attached hydrogen (secondary N) is 1. The van der Waals surface area contributed by atoms with E-state index in [9.17, 15) is 4.79 Å². The number of halogens is 1. The summed E-state index contributed by atoms with van der Waals surface area (Å²) >= 11 is 6.22. The predicted molar refractivity (Wildman–Crippen MR) is 72.9 cm³/mol. The van der Waals surface area contributed by atoms with Gasteiger partial charge in [0.25, 0.3) is 5.91 Å². The maximum atomic E-state index is 12.3. The smallest absolute Gasteiger partial charge is 0.268 e. The molecule has 1 N–H and O–H groups in total. The Morgan fingerprint density at radius 2 is 2.26 bits per heavy atom. The first-order valence-corrected chi connectivity index (χ1v) is 6.87. The molecule has 2 aromatic rings. The van der Waals surface area contributed by atoms with E-state index >= 15 is 0 Å². The Morgan fingerprint density at radius 3 is 3.05 bits per heavy atom. The van der Waals surface area contributed by atoms with Gasteiger partial charge < -0.3 is 14.6 Å². The van der Waals surface area contributed by atoms with E-state index in [-0.39, 0.29) is 5.91 Å². The van der Waals surface area contributed by atoms with E-state index in [2.05, 4.69) is 5.32 Å². The average molecular weight is 277 g/mol. The zero-order chi connectivity index (χ0) is 13.0. The minimum atomic E-state index is -0.0115. The van der Waals surface area contributed by atoms with Crippen LogP contribution in [0.4, 0.5) is 0 Å². The van der Waals surface area contributed by atoms with E-state index in [1.807, 2.05) is 22.8 Å². The molecule has 1 aromatic heterocycles. The first kappa shape index (κ1) is 11.2. The van der Waals surface area contributed by atoms with Gasteiger partial charge in [0.1, 0.15) is 18.1 Å². The second-order valence-corrected chi connectivity index (χ2v) is 5.49. The molecule has 0 radical (unpaired) electrons. The average Bonchev–Trinajstić information content (AvgIpc) is 3.13. The summed E-state index contributed by atoms with van der Waals surface area (Å²) in [7, 11) is 0. The standard InChI is InChI=1S/C14H13ClN2O2/c15-10-3-4-12-13-9(10)7-11(17(13)5-6-19-12)14(18)16-8-1-2-8/h3-4,7-8H,1-2,5-6H2,(H,16,18). The van der Waals surface area contributed by atoms with Gasteiger partial charge in [0, 0.05) is 11.4 Å². The van der Waals surface area contributed by atoms with Crippen molar-refractivity contribution in [2.45, 2.75) is 25.4 Å². The van der Waals surface area contributed by atoms with Crippen LogP contribution >= 0.6 is 11.6 Å². The van der Waals surface area contributed by atoms with Crippen molar-refractivity contribution >= 4 is 28.4 Å². The fourth-order valence-electron chi connectivity index (χ4n) is 2.58. The Bertz CT molecular complexity index is 688. The molecule has 0 saturated heterocycles. The van der Waals surface area contributed by atoms with Crippen LogP contribution in [-0.2, 0) is 6.54 Å². The van der Waals surface area contributed by atoms with Crippen LogP contribution in [0.25, 0.3) is 10.9 Å². The zero-order valence-corrected chi connectivity index (χ0v) is 11.0. The molecule has 1 aliphatic carbocycles. The summed E-state index contributed by atoms with van der Waals surface area (Å²) in [5.74, 6) is 0.790. The minimum absolute atomic E-state index is 0.0115. The van der Waals surface area contributed by atoms with Crippen molar-refractivity contribution in [1.29, 1.82) is 0 Å². The van der Waals surface area contributed by atoms with Gasteiger partial charge in [-0.1, -0.05) is 11.6 Å². The Labute approximate surface area is 115 Å². The van der Waals surface area contributed by atoms with Crippen molar-refractivity contribution in [2.24, 2.45) is 0 Å². The molecular formula is C14H13ClN2O2. The Morgan fingerprint density at radius 1 is 1.42 bits per heavy atom. The predicted octanol–water partition coefficient (Wildman–Crippen LogP) is 2.58. The number of hydrogen-bond donors (Lipinski definition) is 1. The van der Waals surface area contributed by atoms with Crippen LogP contribution in [0.5, 0.6) is 5.75 Å². The number of amides is 1. The first-order valence-electron chi connectivity index (χ1n) is 6.49. The minimum Gasteiger partial charge on any atom is -0.490 e. The molecule has 1 fully saturated rings. The van der Waals surface area contributed by atoms with Gasteiger partial charge in [0.2, 0.25) is 0 Å². The topological polar surface area (TPSA) is 43.3 Å². The summed E-state index contributed by atoms with van der Waals surface area (Å²) < 4.78 is 7.64. The van der Waals surface area contributed by atoms with E-state index < -0.39 is 0 Å². The number of carbonyl (C=O) groups excluding carboxylic acids is 1. The number of rotatable bonds is 2. The molecule has 1 aliphatic heterocycles. The largest absolute Gasteiger partial charge is 0.490 e. The SMILES string of the molecule is O=C(NC1CC1)c1cc2c(Cl)ccc3c2n1CCO3. The quantitative estimate of drug-likeness (QED) is 0.916. The van der Waals surface area contributed by atoms with Gasteiger partial charge in [-0.05, 0) is 31.0 Å². The van der Waals surface area contributed by atoms with Crippen molar-refractivity contribution in [3.8, 4) is 5.75 Å². The Hall–Kier alpha value is -1.68. The monoisotopic (exact) mass is 276 g/mol. The van der Waals surface area contributed by atoms with Crippen LogP contribution in [-0.4, -0.2) is 23.1 Å². The van der Waals surface area contributed by atoms with Crippen LogP contribution < -0.4 is 10.1 Å². The number of nitrogens with zero attached hydrogens (tertiary/aromatic N) is 1. The van der Waals surface area contributed by atoms with Crippen molar-refractivity contribution in [3.63, 3.8) is 0 Å². The fraction of sp³-hybridized carbons (Fsp3) is 0.357. The lowest BCUT2D eigenvalue weighted by molar-refractivity contribution is 0.0940.